The zero-order valence-corrected chi connectivity index (χ0v) is 12.5. The number of aryl methyl sites for hydroxylation is 1. The quantitative estimate of drug-likeness (QED) is 0.578. The lowest BCUT2D eigenvalue weighted by Crippen LogP contribution is -3.28. The number of piperazine rings is 1. The number of nitrogens with one attached hydrogen (secondary N) is 3. The van der Waals surface area contributed by atoms with Crippen LogP contribution in [0.25, 0.3) is 0 Å². The lowest BCUT2D eigenvalue weighted by Gasteiger charge is -2.28. The van der Waals surface area contributed by atoms with Crippen LogP contribution in [-0.2, 0) is 11.2 Å². The number of anilines is 1. The Kier molecular flexibility index (Phi) is 5.24. The van der Waals surface area contributed by atoms with Crippen molar-refractivity contribution >= 4 is 22.4 Å². The molecule has 106 valence electrons. The first kappa shape index (κ1) is 14.4. The van der Waals surface area contributed by atoms with Gasteiger partial charge in [0.05, 0.1) is 6.54 Å². The number of amides is 1. The van der Waals surface area contributed by atoms with Crippen LogP contribution >= 0.6 is 11.3 Å². The van der Waals surface area contributed by atoms with Crippen LogP contribution in [0.3, 0.4) is 0 Å². The standard InChI is InChI=1S/C12H21N5OS/c1-3-11-14-15-12(19-11)13-10(18)9-17-7-5-16(4-2)6-8-17/h3-9H2,1-2H3,(H,13,15,18)/p+2. The Bertz CT molecular complexity index is 414. The van der Waals surface area contributed by atoms with Gasteiger partial charge in [-0.1, -0.05) is 18.3 Å². The normalized spacial score (nSPS) is 23.3. The minimum absolute atomic E-state index is 0.0498. The molecule has 2 rings (SSSR count). The monoisotopic (exact) mass is 285 g/mol. The lowest BCUT2D eigenvalue weighted by atomic mass is 10.3. The van der Waals surface area contributed by atoms with Crippen LogP contribution in [0.1, 0.15) is 18.9 Å². The molecular formula is C12H23N5OS+2. The molecule has 0 unspecified atom stereocenters. The highest BCUT2D eigenvalue weighted by molar-refractivity contribution is 7.15. The number of hydrogen-bond acceptors (Lipinski definition) is 4. The second-order valence-corrected chi connectivity index (χ2v) is 6.00. The van der Waals surface area contributed by atoms with Gasteiger partial charge in [0.25, 0.3) is 5.91 Å². The number of carbonyl (C=O) groups excluding carboxylic acids is 1. The van der Waals surface area contributed by atoms with Crippen LogP contribution in [-0.4, -0.2) is 55.4 Å². The SMILES string of the molecule is CCc1nnc(NC(=O)C[NH+]2CC[NH+](CC)CC2)s1. The molecule has 19 heavy (non-hydrogen) atoms. The highest BCUT2D eigenvalue weighted by atomic mass is 32.1. The number of likely N-dealkylation sites (N-methyl/N-ethyl adjacent to an activating group) is 1. The van der Waals surface area contributed by atoms with Gasteiger partial charge in [0.15, 0.2) is 6.54 Å². The number of carbonyl (C=O) groups is 1. The zero-order valence-electron chi connectivity index (χ0n) is 11.7. The maximum absolute atomic E-state index is 11.9. The Labute approximate surface area is 117 Å². The Morgan fingerprint density at radius 2 is 1.89 bits per heavy atom. The van der Waals surface area contributed by atoms with E-state index in [1.807, 2.05) is 6.92 Å². The van der Waals surface area contributed by atoms with Gasteiger partial charge in [0, 0.05) is 0 Å². The summed E-state index contributed by atoms with van der Waals surface area (Å²) in [7, 11) is 0. The van der Waals surface area contributed by atoms with Crippen LogP contribution in [0.2, 0.25) is 0 Å². The molecule has 0 aromatic carbocycles. The summed E-state index contributed by atoms with van der Waals surface area (Å²) in [5, 5.41) is 12.4. The van der Waals surface area contributed by atoms with Gasteiger partial charge in [-0.3, -0.25) is 10.1 Å². The van der Waals surface area contributed by atoms with Gasteiger partial charge >= 0.3 is 0 Å². The highest BCUT2D eigenvalue weighted by Gasteiger charge is 2.23. The number of quaternary nitrogens is 2. The number of rotatable bonds is 5. The van der Waals surface area contributed by atoms with Gasteiger partial charge in [0.2, 0.25) is 5.13 Å². The molecule has 1 aromatic rings. The molecule has 1 aliphatic heterocycles. The summed E-state index contributed by atoms with van der Waals surface area (Å²) in [4.78, 5) is 14.9. The van der Waals surface area contributed by atoms with Crippen molar-refractivity contribution in [1.82, 2.24) is 10.2 Å². The average Bonchev–Trinajstić information content (AvgIpc) is 2.87. The van der Waals surface area contributed by atoms with Crippen molar-refractivity contribution in [2.24, 2.45) is 0 Å². The minimum atomic E-state index is 0.0498. The van der Waals surface area contributed by atoms with Gasteiger partial charge < -0.3 is 9.80 Å². The van der Waals surface area contributed by atoms with Crippen molar-refractivity contribution in [3.05, 3.63) is 5.01 Å². The molecule has 0 spiro atoms. The Hall–Kier alpha value is -1.05. The van der Waals surface area contributed by atoms with Crippen LogP contribution in [0.5, 0.6) is 0 Å². The lowest BCUT2D eigenvalue weighted by molar-refractivity contribution is -1.01. The summed E-state index contributed by atoms with van der Waals surface area (Å²) in [6, 6.07) is 0. The van der Waals surface area contributed by atoms with Crippen LogP contribution < -0.4 is 15.1 Å². The molecule has 1 fully saturated rings. The van der Waals surface area contributed by atoms with Crippen molar-refractivity contribution in [2.45, 2.75) is 20.3 Å². The van der Waals surface area contributed by atoms with E-state index in [1.165, 1.54) is 22.8 Å². The van der Waals surface area contributed by atoms with E-state index in [4.69, 9.17) is 0 Å². The molecule has 2 heterocycles. The van der Waals surface area contributed by atoms with Gasteiger partial charge in [-0.05, 0) is 13.3 Å². The fourth-order valence-electron chi connectivity index (χ4n) is 2.32. The Morgan fingerprint density at radius 3 is 2.47 bits per heavy atom. The summed E-state index contributed by atoms with van der Waals surface area (Å²) >= 11 is 1.46. The van der Waals surface area contributed by atoms with Gasteiger partial charge in [-0.2, -0.15) is 0 Å². The van der Waals surface area contributed by atoms with Crippen molar-refractivity contribution in [2.75, 3.05) is 44.6 Å². The second kappa shape index (κ2) is 6.93. The van der Waals surface area contributed by atoms with E-state index in [0.717, 1.165) is 37.6 Å². The molecule has 1 saturated heterocycles. The number of hydrogen-bond donors (Lipinski definition) is 3. The van der Waals surface area contributed by atoms with Crippen LogP contribution in [0, 0.1) is 0 Å². The molecule has 0 radical (unpaired) electrons. The third kappa shape index (κ3) is 4.22. The van der Waals surface area contributed by atoms with Crippen molar-refractivity contribution < 1.29 is 14.6 Å². The molecular weight excluding hydrogens is 262 g/mol. The van der Waals surface area contributed by atoms with E-state index in [-0.39, 0.29) is 5.91 Å². The summed E-state index contributed by atoms with van der Waals surface area (Å²) in [6.45, 7) is 10.5. The molecule has 0 atom stereocenters. The van der Waals surface area contributed by atoms with Gasteiger partial charge in [0.1, 0.15) is 31.2 Å². The van der Waals surface area contributed by atoms with E-state index in [9.17, 15) is 4.79 Å². The largest absolute Gasteiger partial charge is 0.326 e. The minimum Gasteiger partial charge on any atom is -0.326 e. The Balaban J connectivity index is 1.75. The number of nitrogens with zero attached hydrogens (tertiary/aromatic N) is 2. The molecule has 1 aromatic heterocycles. The fraction of sp³-hybridized carbons (Fsp3) is 0.750. The summed E-state index contributed by atoms with van der Waals surface area (Å²) in [5.74, 6) is 0.0498. The molecule has 1 aliphatic rings. The maximum atomic E-state index is 11.9. The molecule has 0 saturated carbocycles. The summed E-state index contributed by atoms with van der Waals surface area (Å²) in [6.07, 6.45) is 0.862. The number of aromatic nitrogens is 2. The van der Waals surface area contributed by atoms with Gasteiger partial charge in [-0.15, -0.1) is 10.2 Å². The van der Waals surface area contributed by atoms with E-state index < -0.39 is 0 Å². The predicted molar refractivity (Wildman–Crippen MR) is 74.7 cm³/mol. The average molecular weight is 285 g/mol. The molecule has 0 bridgehead atoms. The smallest absolute Gasteiger partial charge is 0.281 e. The van der Waals surface area contributed by atoms with Crippen LogP contribution in [0.4, 0.5) is 5.13 Å². The van der Waals surface area contributed by atoms with Gasteiger partial charge in [-0.25, -0.2) is 0 Å². The van der Waals surface area contributed by atoms with E-state index in [1.54, 1.807) is 4.90 Å². The topological polar surface area (TPSA) is 63.8 Å². The first-order chi connectivity index (χ1) is 9.21. The van der Waals surface area contributed by atoms with Crippen LogP contribution in [0.15, 0.2) is 0 Å². The van der Waals surface area contributed by atoms with E-state index in [2.05, 4.69) is 22.4 Å². The Morgan fingerprint density at radius 1 is 1.21 bits per heavy atom. The summed E-state index contributed by atoms with van der Waals surface area (Å²) < 4.78 is 0. The van der Waals surface area contributed by atoms with Crippen molar-refractivity contribution in [3.8, 4) is 0 Å². The molecule has 6 nitrogen and oxygen atoms in total. The fourth-order valence-corrected chi connectivity index (χ4v) is 3.02. The molecule has 7 heteroatoms. The third-order valence-electron chi connectivity index (χ3n) is 3.59. The van der Waals surface area contributed by atoms with E-state index >= 15 is 0 Å². The molecule has 0 aliphatic carbocycles. The highest BCUT2D eigenvalue weighted by Crippen LogP contribution is 2.14. The second-order valence-electron chi connectivity index (χ2n) is 4.93. The van der Waals surface area contributed by atoms with Crippen molar-refractivity contribution in [1.29, 1.82) is 0 Å². The molecule has 3 N–H and O–H groups in total. The first-order valence-corrected chi connectivity index (χ1v) is 7.82. The predicted octanol–water partition coefficient (Wildman–Crippen LogP) is -2.16. The van der Waals surface area contributed by atoms with E-state index in [0.29, 0.717) is 11.7 Å². The summed E-state index contributed by atoms with van der Waals surface area (Å²) in [5.41, 5.74) is 0. The zero-order chi connectivity index (χ0) is 13.7. The first-order valence-electron chi connectivity index (χ1n) is 7.00. The maximum Gasteiger partial charge on any atom is 0.281 e. The molecule has 1 amide bonds. The van der Waals surface area contributed by atoms with Crippen molar-refractivity contribution in [3.63, 3.8) is 0 Å². The third-order valence-corrected chi connectivity index (χ3v) is 4.57.